The number of aryl methyl sites for hydroxylation is 1. The number of ether oxygens (including phenoxy) is 1. The highest BCUT2D eigenvalue weighted by Gasteiger charge is 2.49. The van der Waals surface area contributed by atoms with Gasteiger partial charge in [-0.15, -0.1) is 0 Å². The molecule has 236 valence electrons. The van der Waals surface area contributed by atoms with Gasteiger partial charge < -0.3 is 14.7 Å². The molecule has 6 bridgehead atoms. The first-order valence-corrected chi connectivity index (χ1v) is 16.3. The molecule has 8 heterocycles. The topological polar surface area (TPSA) is 103 Å². The van der Waals surface area contributed by atoms with Crippen LogP contribution in [-0.2, 0) is 6.42 Å². The molecule has 45 heavy (non-hydrogen) atoms. The quantitative estimate of drug-likeness (QED) is 0.294. The molecular weight excluding hydrogens is 576 g/mol. The summed E-state index contributed by atoms with van der Waals surface area (Å²) in [5, 5.41) is 19.8. The number of hydrogen-bond acceptors (Lipinski definition) is 8. The number of piperidine rings is 1. The van der Waals surface area contributed by atoms with E-state index in [0.29, 0.717) is 37.3 Å². The van der Waals surface area contributed by atoms with Gasteiger partial charge in [0.15, 0.2) is 5.82 Å². The van der Waals surface area contributed by atoms with E-state index < -0.39 is 18.1 Å². The fraction of sp³-hybridized carbons (Fsp3) is 0.529. The zero-order chi connectivity index (χ0) is 30.7. The minimum absolute atomic E-state index is 0.0117. The summed E-state index contributed by atoms with van der Waals surface area (Å²) in [6.45, 7) is 4.84. The van der Waals surface area contributed by atoms with Crippen LogP contribution in [0.3, 0.4) is 0 Å². The van der Waals surface area contributed by atoms with Crippen molar-refractivity contribution < 1.29 is 18.6 Å². The van der Waals surface area contributed by atoms with Gasteiger partial charge in [-0.3, -0.25) is 15.0 Å². The molecule has 3 fully saturated rings. The molecule has 2 N–H and O–H groups in total. The second-order valence-electron chi connectivity index (χ2n) is 13.4. The fourth-order valence-electron chi connectivity index (χ4n) is 8.28. The van der Waals surface area contributed by atoms with E-state index >= 15 is 4.39 Å². The van der Waals surface area contributed by atoms with E-state index in [9.17, 15) is 9.50 Å². The van der Waals surface area contributed by atoms with Gasteiger partial charge in [-0.05, 0) is 75.6 Å². The maximum atomic E-state index is 17.0. The molecule has 9 nitrogen and oxygen atoms in total. The molecule has 1 aromatic carbocycles. The Balaban J connectivity index is 1.30. The van der Waals surface area contributed by atoms with Crippen molar-refractivity contribution in [1.29, 1.82) is 0 Å². The summed E-state index contributed by atoms with van der Waals surface area (Å²) in [5.41, 5.74) is 3.58. The number of nitrogens with one attached hydrogen (secondary N) is 1. The predicted octanol–water partition coefficient (Wildman–Crippen LogP) is 5.44. The van der Waals surface area contributed by atoms with Crippen LogP contribution < -0.4 is 9.64 Å². The Hall–Kier alpha value is -3.70. The molecule has 3 saturated heterocycles. The second-order valence-corrected chi connectivity index (χ2v) is 13.4. The number of rotatable bonds is 3. The minimum Gasteiger partial charge on any atom is -0.461 e. The van der Waals surface area contributed by atoms with Crippen LogP contribution in [0.5, 0.6) is 6.01 Å². The van der Waals surface area contributed by atoms with Crippen LogP contribution in [0.15, 0.2) is 30.6 Å². The SMILES string of the molecule is Cc1cc2[nH]ncc2c2c1CCC/C=C/[C@@H](O)[C@@H]1CCCN(C1)c1nc(OC[C@@]34CCCN3C[C@H](F)C4)nc3c(F)c-2ncc13. The summed E-state index contributed by atoms with van der Waals surface area (Å²) in [5.74, 6) is 0.0355. The Morgan fingerprint density at radius 1 is 1.13 bits per heavy atom. The third kappa shape index (κ3) is 4.95. The lowest BCUT2D eigenvalue weighted by Crippen LogP contribution is -2.43. The maximum Gasteiger partial charge on any atom is 0.319 e. The zero-order valence-electron chi connectivity index (χ0n) is 25.6. The highest BCUT2D eigenvalue weighted by molar-refractivity contribution is 5.99. The Labute approximate surface area is 260 Å². The minimum atomic E-state index is -0.881. The van der Waals surface area contributed by atoms with Crippen LogP contribution in [0, 0.1) is 18.7 Å². The van der Waals surface area contributed by atoms with E-state index in [2.05, 4.69) is 37.1 Å². The number of aromatic nitrogens is 5. The van der Waals surface area contributed by atoms with Gasteiger partial charge in [0.2, 0.25) is 0 Å². The van der Waals surface area contributed by atoms with Crippen molar-refractivity contribution in [3.63, 3.8) is 0 Å². The third-order valence-corrected chi connectivity index (χ3v) is 10.6. The number of benzene rings is 1. The van der Waals surface area contributed by atoms with Crippen LogP contribution in [-0.4, -0.2) is 85.8 Å². The van der Waals surface area contributed by atoms with Crippen molar-refractivity contribution in [2.24, 2.45) is 5.92 Å². The molecule has 0 aliphatic carbocycles. The monoisotopic (exact) mass is 615 g/mol. The Bertz CT molecular complexity index is 1790. The van der Waals surface area contributed by atoms with Gasteiger partial charge in [-0.25, -0.2) is 8.78 Å². The number of alkyl halides is 1. The summed E-state index contributed by atoms with van der Waals surface area (Å²) in [4.78, 5) is 18.6. The number of aromatic amines is 1. The molecule has 0 spiro atoms. The van der Waals surface area contributed by atoms with Crippen LogP contribution in [0.25, 0.3) is 33.1 Å². The first-order valence-electron chi connectivity index (χ1n) is 16.3. The number of halogens is 2. The van der Waals surface area contributed by atoms with E-state index in [0.717, 1.165) is 79.1 Å². The highest BCUT2D eigenvalue weighted by Crippen LogP contribution is 2.42. The Kier molecular flexibility index (Phi) is 7.20. The number of nitrogens with zero attached hydrogens (tertiary/aromatic N) is 6. The van der Waals surface area contributed by atoms with E-state index in [-0.39, 0.29) is 35.3 Å². The standard InChI is InChI=1S/C34H39F2N7O2/c1-20-13-26-24(16-38-41-26)28-23(20)8-3-2-4-9-27(44)21-7-5-11-42(17-21)32-25-15-37-31(28)29(36)30(25)39-33(40-32)45-19-34-10-6-12-43(34)18-22(35)14-34/h4,9,13,15-16,21-22,27,44H,2-3,5-8,10-12,14,17-19H2,1H3,(H,38,41)/b9-4+/t21-,22-,27-,34+/m1/s1. The number of fused-ring (bicyclic) bond motifs is 7. The largest absolute Gasteiger partial charge is 0.461 e. The molecule has 0 amide bonds. The van der Waals surface area contributed by atoms with Crippen LogP contribution in [0.2, 0.25) is 0 Å². The van der Waals surface area contributed by atoms with Gasteiger partial charge in [-0.1, -0.05) is 12.2 Å². The average Bonchev–Trinajstić information content (AvgIpc) is 3.74. The number of H-pyrrole nitrogens is 1. The van der Waals surface area contributed by atoms with Crippen molar-refractivity contribution in [3.05, 3.63) is 47.6 Å². The van der Waals surface area contributed by atoms with Crippen molar-refractivity contribution in [1.82, 2.24) is 30.0 Å². The molecule has 5 aliphatic rings. The summed E-state index contributed by atoms with van der Waals surface area (Å²) < 4.78 is 37.8. The third-order valence-electron chi connectivity index (χ3n) is 10.6. The summed E-state index contributed by atoms with van der Waals surface area (Å²) in [7, 11) is 0. The number of aliphatic hydroxyl groups is 1. The number of hydrogen-bond donors (Lipinski definition) is 2. The molecular formula is C34H39F2N7O2. The molecule has 3 aromatic heterocycles. The smallest absolute Gasteiger partial charge is 0.319 e. The first kappa shape index (κ1) is 28.8. The Morgan fingerprint density at radius 2 is 2.04 bits per heavy atom. The summed E-state index contributed by atoms with van der Waals surface area (Å²) >= 11 is 0. The average molecular weight is 616 g/mol. The van der Waals surface area contributed by atoms with E-state index in [1.807, 2.05) is 13.0 Å². The van der Waals surface area contributed by atoms with Crippen LogP contribution in [0.1, 0.15) is 56.1 Å². The summed E-state index contributed by atoms with van der Waals surface area (Å²) in [6.07, 6.45) is 12.3. The molecule has 9 rings (SSSR count). The lowest BCUT2D eigenvalue weighted by Gasteiger charge is -2.36. The normalized spacial score (nSPS) is 27.8. The van der Waals surface area contributed by atoms with E-state index in [1.165, 1.54) is 0 Å². The lowest BCUT2D eigenvalue weighted by molar-refractivity contribution is 0.107. The van der Waals surface area contributed by atoms with Gasteiger partial charge in [0.05, 0.1) is 28.7 Å². The summed E-state index contributed by atoms with van der Waals surface area (Å²) in [6, 6.07) is 2.13. The van der Waals surface area contributed by atoms with E-state index in [1.54, 1.807) is 12.4 Å². The number of pyridine rings is 1. The van der Waals surface area contributed by atoms with Gasteiger partial charge in [0, 0.05) is 49.1 Å². The number of allylic oxidation sites excluding steroid dienone is 1. The second kappa shape index (κ2) is 11.3. The van der Waals surface area contributed by atoms with Crippen molar-refractivity contribution in [2.45, 2.75) is 76.1 Å². The van der Waals surface area contributed by atoms with Crippen molar-refractivity contribution in [3.8, 4) is 17.3 Å². The zero-order valence-corrected chi connectivity index (χ0v) is 25.6. The molecule has 4 atom stereocenters. The lowest BCUT2D eigenvalue weighted by atomic mass is 9.90. The predicted molar refractivity (Wildman–Crippen MR) is 169 cm³/mol. The Morgan fingerprint density at radius 3 is 2.96 bits per heavy atom. The van der Waals surface area contributed by atoms with Crippen molar-refractivity contribution >= 4 is 27.6 Å². The van der Waals surface area contributed by atoms with Crippen LogP contribution in [0.4, 0.5) is 14.6 Å². The van der Waals surface area contributed by atoms with Gasteiger partial charge in [0.1, 0.15) is 29.8 Å². The number of anilines is 1. The van der Waals surface area contributed by atoms with E-state index in [4.69, 9.17) is 14.7 Å². The van der Waals surface area contributed by atoms with Gasteiger partial charge in [-0.2, -0.15) is 15.1 Å². The molecule has 4 aromatic rings. The maximum absolute atomic E-state index is 17.0. The van der Waals surface area contributed by atoms with Gasteiger partial charge in [0.25, 0.3) is 0 Å². The molecule has 0 radical (unpaired) electrons. The molecule has 0 saturated carbocycles. The fourth-order valence-corrected chi connectivity index (χ4v) is 8.28. The number of aliphatic hydroxyl groups excluding tert-OH is 1. The highest BCUT2D eigenvalue weighted by atomic mass is 19.1. The van der Waals surface area contributed by atoms with Crippen molar-refractivity contribution in [2.75, 3.05) is 37.7 Å². The molecule has 11 heteroatoms. The molecule has 5 aliphatic heterocycles. The van der Waals surface area contributed by atoms with Crippen LogP contribution >= 0.6 is 0 Å². The van der Waals surface area contributed by atoms with Gasteiger partial charge >= 0.3 is 6.01 Å². The molecule has 0 unspecified atom stereocenters. The first-order chi connectivity index (χ1) is 21.9.